The highest BCUT2D eigenvalue weighted by Crippen LogP contribution is 2.17. The van der Waals surface area contributed by atoms with Gasteiger partial charge in [0.25, 0.3) is 0 Å². The standard InChI is InChI=1S/C11H19N3O/c1-9-6-11(13-15-9)8-14-4-2-10(7-12)3-5-14/h6,10H,2-5,7-8,12H2,1H3. The van der Waals surface area contributed by atoms with Crippen molar-refractivity contribution in [3.05, 3.63) is 17.5 Å². The second kappa shape index (κ2) is 4.77. The summed E-state index contributed by atoms with van der Waals surface area (Å²) in [6.45, 7) is 5.93. The summed E-state index contributed by atoms with van der Waals surface area (Å²) < 4.78 is 5.05. The van der Waals surface area contributed by atoms with Crippen molar-refractivity contribution in [1.29, 1.82) is 0 Å². The van der Waals surface area contributed by atoms with E-state index in [1.54, 1.807) is 0 Å². The molecule has 4 heteroatoms. The molecule has 1 saturated heterocycles. The molecule has 1 aromatic heterocycles. The largest absolute Gasteiger partial charge is 0.361 e. The molecular weight excluding hydrogens is 190 g/mol. The molecule has 0 saturated carbocycles. The molecule has 0 radical (unpaired) electrons. The van der Waals surface area contributed by atoms with E-state index in [0.29, 0.717) is 0 Å². The fraction of sp³-hybridized carbons (Fsp3) is 0.727. The van der Waals surface area contributed by atoms with Gasteiger partial charge in [0.2, 0.25) is 0 Å². The Kier molecular flexibility index (Phi) is 3.38. The van der Waals surface area contributed by atoms with Crippen LogP contribution in [0.15, 0.2) is 10.6 Å². The summed E-state index contributed by atoms with van der Waals surface area (Å²) in [6.07, 6.45) is 2.43. The first-order valence-corrected chi connectivity index (χ1v) is 5.62. The second-order valence-corrected chi connectivity index (χ2v) is 4.38. The highest BCUT2D eigenvalue weighted by Gasteiger charge is 2.18. The van der Waals surface area contributed by atoms with E-state index < -0.39 is 0 Å². The molecule has 2 heterocycles. The lowest BCUT2D eigenvalue weighted by molar-refractivity contribution is 0.176. The smallest absolute Gasteiger partial charge is 0.133 e. The number of aryl methyl sites for hydroxylation is 1. The third kappa shape index (κ3) is 2.79. The minimum Gasteiger partial charge on any atom is -0.361 e. The van der Waals surface area contributed by atoms with Crippen LogP contribution in [0.2, 0.25) is 0 Å². The zero-order valence-electron chi connectivity index (χ0n) is 9.28. The third-order valence-electron chi connectivity index (χ3n) is 3.10. The Balaban J connectivity index is 1.82. The molecule has 1 aliphatic rings. The van der Waals surface area contributed by atoms with Crippen molar-refractivity contribution >= 4 is 0 Å². The minimum atomic E-state index is 0.722. The van der Waals surface area contributed by atoms with Gasteiger partial charge in [-0.25, -0.2) is 0 Å². The lowest BCUT2D eigenvalue weighted by Crippen LogP contribution is -2.35. The molecule has 84 valence electrons. The predicted molar refractivity (Wildman–Crippen MR) is 58.3 cm³/mol. The highest BCUT2D eigenvalue weighted by molar-refractivity contribution is 5.03. The summed E-state index contributed by atoms with van der Waals surface area (Å²) >= 11 is 0. The molecule has 0 aromatic carbocycles. The molecule has 0 aliphatic carbocycles. The van der Waals surface area contributed by atoms with E-state index >= 15 is 0 Å². The Morgan fingerprint density at radius 3 is 2.80 bits per heavy atom. The predicted octanol–water partition coefficient (Wildman–Crippen LogP) is 1.15. The molecule has 1 fully saturated rings. The summed E-state index contributed by atoms with van der Waals surface area (Å²) in [6, 6.07) is 2.01. The van der Waals surface area contributed by atoms with E-state index in [9.17, 15) is 0 Å². The molecule has 2 N–H and O–H groups in total. The van der Waals surface area contributed by atoms with E-state index in [1.807, 2.05) is 13.0 Å². The van der Waals surface area contributed by atoms with Crippen LogP contribution in [0.5, 0.6) is 0 Å². The molecule has 2 rings (SSSR count). The molecule has 1 aliphatic heterocycles. The van der Waals surface area contributed by atoms with E-state index in [2.05, 4.69) is 10.1 Å². The van der Waals surface area contributed by atoms with Crippen LogP contribution >= 0.6 is 0 Å². The first-order valence-electron chi connectivity index (χ1n) is 5.62. The molecule has 1 aromatic rings. The van der Waals surface area contributed by atoms with Gasteiger partial charge in [0.1, 0.15) is 5.76 Å². The molecule has 0 bridgehead atoms. The second-order valence-electron chi connectivity index (χ2n) is 4.38. The van der Waals surface area contributed by atoms with Crippen molar-refractivity contribution in [3.8, 4) is 0 Å². The van der Waals surface area contributed by atoms with Crippen molar-refractivity contribution in [2.45, 2.75) is 26.3 Å². The zero-order chi connectivity index (χ0) is 10.7. The Hall–Kier alpha value is -0.870. The number of hydrogen-bond donors (Lipinski definition) is 1. The maximum atomic E-state index is 5.66. The van der Waals surface area contributed by atoms with Crippen LogP contribution in [0.1, 0.15) is 24.3 Å². The molecule has 4 nitrogen and oxygen atoms in total. The molecule has 0 amide bonds. The molecule has 0 atom stereocenters. The van der Waals surface area contributed by atoms with Gasteiger partial charge in [0.05, 0.1) is 5.69 Å². The Labute approximate surface area is 90.4 Å². The summed E-state index contributed by atoms with van der Waals surface area (Å²) in [7, 11) is 0. The average Bonchev–Trinajstić information content (AvgIpc) is 2.65. The minimum absolute atomic E-state index is 0.722. The van der Waals surface area contributed by atoms with Crippen LogP contribution in [-0.4, -0.2) is 29.7 Å². The van der Waals surface area contributed by atoms with Crippen LogP contribution in [0, 0.1) is 12.8 Å². The van der Waals surface area contributed by atoms with Gasteiger partial charge in [0, 0.05) is 12.6 Å². The Morgan fingerprint density at radius 1 is 1.53 bits per heavy atom. The monoisotopic (exact) mass is 209 g/mol. The van der Waals surface area contributed by atoms with Gasteiger partial charge in [-0.3, -0.25) is 4.90 Å². The Bertz CT molecular complexity index is 303. The van der Waals surface area contributed by atoms with Gasteiger partial charge in [0.15, 0.2) is 0 Å². The summed E-state index contributed by atoms with van der Waals surface area (Å²) in [5.41, 5.74) is 6.70. The fourth-order valence-electron chi connectivity index (χ4n) is 2.10. The lowest BCUT2D eigenvalue weighted by atomic mass is 9.97. The normalized spacial score (nSPS) is 19.6. The van der Waals surface area contributed by atoms with Crippen LogP contribution in [0.4, 0.5) is 0 Å². The maximum absolute atomic E-state index is 5.66. The molecule has 15 heavy (non-hydrogen) atoms. The first kappa shape index (κ1) is 10.6. The topological polar surface area (TPSA) is 55.3 Å². The number of piperidine rings is 1. The maximum Gasteiger partial charge on any atom is 0.133 e. The van der Waals surface area contributed by atoms with Crippen LogP contribution in [0.3, 0.4) is 0 Å². The first-order chi connectivity index (χ1) is 7.28. The average molecular weight is 209 g/mol. The Morgan fingerprint density at radius 2 is 2.27 bits per heavy atom. The number of rotatable bonds is 3. The number of nitrogens with zero attached hydrogens (tertiary/aromatic N) is 2. The van der Waals surface area contributed by atoms with Gasteiger partial charge in [-0.1, -0.05) is 5.16 Å². The van der Waals surface area contributed by atoms with E-state index in [1.165, 1.54) is 12.8 Å². The van der Waals surface area contributed by atoms with Crippen molar-refractivity contribution in [2.24, 2.45) is 11.7 Å². The van der Waals surface area contributed by atoms with Crippen LogP contribution in [-0.2, 0) is 6.54 Å². The van der Waals surface area contributed by atoms with Gasteiger partial charge in [-0.15, -0.1) is 0 Å². The van der Waals surface area contributed by atoms with E-state index in [-0.39, 0.29) is 0 Å². The fourth-order valence-corrected chi connectivity index (χ4v) is 2.10. The zero-order valence-corrected chi connectivity index (χ0v) is 9.28. The quantitative estimate of drug-likeness (QED) is 0.811. The third-order valence-corrected chi connectivity index (χ3v) is 3.10. The van der Waals surface area contributed by atoms with Crippen molar-refractivity contribution in [2.75, 3.05) is 19.6 Å². The van der Waals surface area contributed by atoms with E-state index in [0.717, 1.165) is 43.6 Å². The van der Waals surface area contributed by atoms with Gasteiger partial charge < -0.3 is 10.3 Å². The van der Waals surface area contributed by atoms with E-state index in [4.69, 9.17) is 10.3 Å². The van der Waals surface area contributed by atoms with Gasteiger partial charge >= 0.3 is 0 Å². The summed E-state index contributed by atoms with van der Waals surface area (Å²) in [5, 5.41) is 4.01. The van der Waals surface area contributed by atoms with Crippen molar-refractivity contribution < 1.29 is 4.52 Å². The highest BCUT2D eigenvalue weighted by atomic mass is 16.5. The summed E-state index contributed by atoms with van der Waals surface area (Å²) in [4.78, 5) is 2.42. The number of likely N-dealkylation sites (tertiary alicyclic amines) is 1. The SMILES string of the molecule is Cc1cc(CN2CCC(CN)CC2)no1. The summed E-state index contributed by atoms with van der Waals surface area (Å²) in [5.74, 6) is 1.61. The van der Waals surface area contributed by atoms with Crippen molar-refractivity contribution in [1.82, 2.24) is 10.1 Å². The van der Waals surface area contributed by atoms with Gasteiger partial charge in [-0.2, -0.15) is 0 Å². The molecule has 0 spiro atoms. The number of hydrogen-bond acceptors (Lipinski definition) is 4. The lowest BCUT2D eigenvalue weighted by Gasteiger charge is -2.30. The van der Waals surface area contributed by atoms with Gasteiger partial charge in [-0.05, 0) is 45.3 Å². The number of aromatic nitrogens is 1. The van der Waals surface area contributed by atoms with Crippen LogP contribution < -0.4 is 5.73 Å². The van der Waals surface area contributed by atoms with Crippen molar-refractivity contribution in [3.63, 3.8) is 0 Å². The molecular formula is C11H19N3O. The number of nitrogens with two attached hydrogens (primary N) is 1. The molecule has 0 unspecified atom stereocenters. The van der Waals surface area contributed by atoms with Crippen LogP contribution in [0.25, 0.3) is 0 Å².